The molecule has 2 atom stereocenters. The number of esters is 1. The van der Waals surface area contributed by atoms with Gasteiger partial charge in [0.15, 0.2) is 5.78 Å². The summed E-state index contributed by atoms with van der Waals surface area (Å²) in [5.74, 6) is -1.21. The second kappa shape index (κ2) is 13.1. The zero-order valence-corrected chi connectivity index (χ0v) is 23.1. The van der Waals surface area contributed by atoms with E-state index in [0.29, 0.717) is 11.3 Å². The number of amides is 2. The highest BCUT2D eigenvalue weighted by Crippen LogP contribution is 2.16. The minimum Gasteiger partial charge on any atom is -0.497 e. The molecule has 38 heavy (non-hydrogen) atoms. The maximum Gasteiger partial charge on any atom is 0.408 e. The van der Waals surface area contributed by atoms with Crippen molar-refractivity contribution in [1.82, 2.24) is 10.6 Å². The molecule has 9 nitrogen and oxygen atoms in total. The third kappa shape index (κ3) is 10.6. The lowest BCUT2D eigenvalue weighted by molar-refractivity contribution is -0.158. The second-order valence-electron chi connectivity index (χ2n) is 10.8. The predicted octanol–water partition coefficient (Wildman–Crippen LogP) is 4.23. The summed E-state index contributed by atoms with van der Waals surface area (Å²) in [5, 5.41) is 5.21. The molecule has 2 rings (SSSR count). The Kier molecular flexibility index (Phi) is 10.4. The zero-order valence-electron chi connectivity index (χ0n) is 23.1. The molecule has 2 aromatic carbocycles. The number of carbonyl (C=O) groups excluding carboxylic acids is 4. The van der Waals surface area contributed by atoms with Crippen LogP contribution in [0.5, 0.6) is 5.75 Å². The molecule has 0 spiro atoms. The Labute approximate surface area is 224 Å². The fourth-order valence-corrected chi connectivity index (χ4v) is 3.43. The summed E-state index contributed by atoms with van der Waals surface area (Å²) in [6.45, 7) is 10.2. The first-order valence-corrected chi connectivity index (χ1v) is 12.4. The van der Waals surface area contributed by atoms with Crippen LogP contribution in [-0.2, 0) is 25.5 Å². The molecule has 0 saturated carbocycles. The average Bonchev–Trinajstić information content (AvgIpc) is 2.81. The van der Waals surface area contributed by atoms with Gasteiger partial charge >= 0.3 is 12.1 Å². The van der Waals surface area contributed by atoms with Gasteiger partial charge in [0, 0.05) is 18.4 Å². The number of ether oxygens (including phenoxy) is 3. The van der Waals surface area contributed by atoms with E-state index in [-0.39, 0.29) is 18.6 Å². The Morgan fingerprint density at radius 3 is 1.87 bits per heavy atom. The standard InChI is InChI=1S/C29H38N2O7/c1-28(2,3)37-26(34)23(18-24(32)20-13-15-21(36-7)16-14-20)30-25(33)22(17-19-11-9-8-10-12-19)31-27(35)38-29(4,5)6/h8-16,22-23H,17-18H2,1-7H3,(H,30,33)(H,31,35)/t22-,23-/m0/s1. The minimum absolute atomic E-state index is 0.138. The van der Waals surface area contributed by atoms with E-state index in [2.05, 4.69) is 10.6 Å². The molecule has 0 unspecified atom stereocenters. The predicted molar refractivity (Wildman–Crippen MR) is 143 cm³/mol. The maximum atomic E-state index is 13.4. The molecule has 2 amide bonds. The monoisotopic (exact) mass is 526 g/mol. The molecule has 0 aliphatic heterocycles. The molecule has 0 bridgehead atoms. The van der Waals surface area contributed by atoms with Crippen molar-refractivity contribution in [2.75, 3.05) is 7.11 Å². The summed E-state index contributed by atoms with van der Waals surface area (Å²) >= 11 is 0. The van der Waals surface area contributed by atoms with Crippen LogP contribution in [0.4, 0.5) is 4.79 Å². The number of hydrogen-bond acceptors (Lipinski definition) is 7. The highest BCUT2D eigenvalue weighted by atomic mass is 16.6. The van der Waals surface area contributed by atoms with Gasteiger partial charge in [-0.1, -0.05) is 30.3 Å². The number of Topliss-reactive ketones (excluding diaryl/α,β-unsaturated/α-hetero) is 1. The molecule has 0 aromatic heterocycles. The van der Waals surface area contributed by atoms with Crippen molar-refractivity contribution in [2.45, 2.75) is 77.7 Å². The Morgan fingerprint density at radius 2 is 1.34 bits per heavy atom. The van der Waals surface area contributed by atoms with Crippen LogP contribution in [0.2, 0.25) is 0 Å². The lowest BCUT2D eigenvalue weighted by atomic mass is 10.0. The van der Waals surface area contributed by atoms with Gasteiger partial charge in [-0.05, 0) is 71.4 Å². The number of alkyl carbamates (subject to hydrolysis) is 1. The maximum absolute atomic E-state index is 13.4. The van der Waals surface area contributed by atoms with Gasteiger partial charge in [0.1, 0.15) is 29.0 Å². The molecular weight excluding hydrogens is 488 g/mol. The molecule has 0 fully saturated rings. The van der Waals surface area contributed by atoms with Crippen molar-refractivity contribution in [2.24, 2.45) is 0 Å². The molecule has 2 aromatic rings. The summed E-state index contributed by atoms with van der Waals surface area (Å²) in [5.41, 5.74) is -0.489. The van der Waals surface area contributed by atoms with Gasteiger partial charge in [-0.25, -0.2) is 9.59 Å². The van der Waals surface area contributed by atoms with Crippen LogP contribution in [0, 0.1) is 0 Å². The number of rotatable bonds is 10. The van der Waals surface area contributed by atoms with Gasteiger partial charge < -0.3 is 24.8 Å². The van der Waals surface area contributed by atoms with Gasteiger partial charge in [-0.3, -0.25) is 9.59 Å². The lowest BCUT2D eigenvalue weighted by Gasteiger charge is -2.27. The summed E-state index contributed by atoms with van der Waals surface area (Å²) in [6.07, 6.45) is -0.978. The van der Waals surface area contributed by atoms with Gasteiger partial charge in [0.25, 0.3) is 0 Å². The smallest absolute Gasteiger partial charge is 0.408 e. The quantitative estimate of drug-likeness (QED) is 0.351. The van der Waals surface area contributed by atoms with E-state index >= 15 is 0 Å². The SMILES string of the molecule is COc1ccc(C(=O)C[C@H](NC(=O)[C@H](Cc2ccccc2)NC(=O)OC(C)(C)C)C(=O)OC(C)(C)C)cc1. The Balaban J connectivity index is 2.28. The molecule has 0 saturated heterocycles. The van der Waals surface area contributed by atoms with Gasteiger partial charge in [0.05, 0.1) is 7.11 Å². The van der Waals surface area contributed by atoms with E-state index in [9.17, 15) is 19.2 Å². The van der Waals surface area contributed by atoms with Crippen molar-refractivity contribution in [3.63, 3.8) is 0 Å². The van der Waals surface area contributed by atoms with Crippen molar-refractivity contribution < 1.29 is 33.4 Å². The third-order valence-electron chi connectivity index (χ3n) is 5.10. The summed E-state index contributed by atoms with van der Waals surface area (Å²) in [4.78, 5) is 52.0. The van der Waals surface area contributed by atoms with Crippen molar-refractivity contribution >= 4 is 23.8 Å². The highest BCUT2D eigenvalue weighted by Gasteiger charge is 2.32. The van der Waals surface area contributed by atoms with Crippen LogP contribution < -0.4 is 15.4 Å². The first-order chi connectivity index (χ1) is 17.7. The molecular formula is C29H38N2O7. The number of nitrogens with one attached hydrogen (secondary N) is 2. The molecule has 0 aliphatic rings. The second-order valence-corrected chi connectivity index (χ2v) is 10.8. The van der Waals surface area contributed by atoms with E-state index < -0.39 is 41.3 Å². The van der Waals surface area contributed by atoms with Crippen LogP contribution in [0.15, 0.2) is 54.6 Å². The minimum atomic E-state index is -1.28. The Bertz CT molecular complexity index is 1100. The van der Waals surface area contributed by atoms with E-state index in [1.807, 2.05) is 30.3 Å². The van der Waals surface area contributed by atoms with Gasteiger partial charge in [-0.15, -0.1) is 0 Å². The number of carbonyl (C=O) groups is 4. The molecule has 2 N–H and O–H groups in total. The fourth-order valence-electron chi connectivity index (χ4n) is 3.43. The van der Waals surface area contributed by atoms with E-state index in [1.54, 1.807) is 65.8 Å². The average molecular weight is 527 g/mol. The van der Waals surface area contributed by atoms with Crippen LogP contribution in [0.3, 0.4) is 0 Å². The van der Waals surface area contributed by atoms with Crippen molar-refractivity contribution in [3.05, 3.63) is 65.7 Å². The van der Waals surface area contributed by atoms with E-state index in [4.69, 9.17) is 14.2 Å². The fraction of sp³-hybridized carbons (Fsp3) is 0.448. The first kappa shape index (κ1) is 30.3. The van der Waals surface area contributed by atoms with E-state index in [1.165, 1.54) is 7.11 Å². The number of benzene rings is 2. The molecule has 0 radical (unpaired) electrons. The number of methoxy groups -OCH3 is 1. The van der Waals surface area contributed by atoms with E-state index in [0.717, 1.165) is 5.56 Å². The van der Waals surface area contributed by atoms with Crippen LogP contribution >= 0.6 is 0 Å². The number of hydrogen-bond donors (Lipinski definition) is 2. The third-order valence-corrected chi connectivity index (χ3v) is 5.10. The normalized spacial score (nSPS) is 13.0. The van der Waals surface area contributed by atoms with Gasteiger partial charge in [-0.2, -0.15) is 0 Å². The topological polar surface area (TPSA) is 120 Å². The Morgan fingerprint density at radius 1 is 0.763 bits per heavy atom. The van der Waals surface area contributed by atoms with Crippen molar-refractivity contribution in [3.8, 4) is 5.75 Å². The Hall–Kier alpha value is -3.88. The van der Waals surface area contributed by atoms with Crippen LogP contribution in [0.25, 0.3) is 0 Å². The lowest BCUT2D eigenvalue weighted by Crippen LogP contribution is -2.54. The van der Waals surface area contributed by atoms with Gasteiger partial charge in [0.2, 0.25) is 5.91 Å². The summed E-state index contributed by atoms with van der Waals surface area (Å²) < 4.78 is 15.9. The molecule has 206 valence electrons. The first-order valence-electron chi connectivity index (χ1n) is 12.4. The number of ketones is 1. The van der Waals surface area contributed by atoms with Crippen molar-refractivity contribution in [1.29, 1.82) is 0 Å². The molecule has 9 heteroatoms. The van der Waals surface area contributed by atoms with Crippen LogP contribution in [-0.4, -0.2) is 54.1 Å². The van der Waals surface area contributed by atoms with Crippen LogP contribution in [0.1, 0.15) is 63.9 Å². The zero-order chi connectivity index (χ0) is 28.5. The largest absolute Gasteiger partial charge is 0.497 e. The highest BCUT2D eigenvalue weighted by molar-refractivity contribution is 6.00. The molecule has 0 heterocycles. The summed E-state index contributed by atoms with van der Waals surface area (Å²) in [7, 11) is 1.52. The summed E-state index contributed by atoms with van der Waals surface area (Å²) in [6, 6.07) is 13.2. The molecule has 0 aliphatic carbocycles.